The molecule has 50 heavy (non-hydrogen) atoms. The van der Waals surface area contributed by atoms with Crippen molar-refractivity contribution < 1.29 is 0 Å². The molecule has 0 N–H and O–H groups in total. The lowest BCUT2D eigenvalue weighted by Crippen LogP contribution is -2.01. The van der Waals surface area contributed by atoms with Gasteiger partial charge in [0.1, 0.15) is 0 Å². The Morgan fingerprint density at radius 3 is 1.44 bits per heavy atom. The third kappa shape index (κ3) is 5.13. The van der Waals surface area contributed by atoms with Crippen LogP contribution in [0.4, 0.5) is 0 Å². The molecule has 0 spiro atoms. The molecule has 0 saturated carbocycles. The van der Waals surface area contributed by atoms with Gasteiger partial charge in [-0.2, -0.15) is 10.0 Å². The smallest absolute Gasteiger partial charge is 0.164 e. The highest BCUT2D eigenvalue weighted by molar-refractivity contribution is 8.33. The zero-order valence-corrected chi connectivity index (χ0v) is 28.4. The van der Waals surface area contributed by atoms with Crippen molar-refractivity contribution in [2.24, 2.45) is 0 Å². The molecule has 2 heterocycles. The van der Waals surface area contributed by atoms with E-state index < -0.39 is 10.0 Å². The van der Waals surface area contributed by atoms with Crippen LogP contribution in [0, 0.1) is 0 Å². The fourth-order valence-corrected chi connectivity index (χ4v) is 10.5. The number of aromatic nitrogens is 3. The van der Waals surface area contributed by atoms with Crippen LogP contribution in [0.1, 0.15) is 0 Å². The molecule has 3 nitrogen and oxygen atoms in total. The third-order valence-corrected chi connectivity index (χ3v) is 13.3. The Bertz CT molecular complexity index is 2480. The summed E-state index contributed by atoms with van der Waals surface area (Å²) < 4.78 is 0. The maximum Gasteiger partial charge on any atom is 0.164 e. The number of hydrogen-bond acceptors (Lipinski definition) is 3. The Hall–Kier alpha value is -6.10. The lowest BCUT2D eigenvalue weighted by molar-refractivity contribution is 1.07. The van der Waals surface area contributed by atoms with Gasteiger partial charge in [-0.05, 0) is 68.8 Å². The summed E-state index contributed by atoms with van der Waals surface area (Å²) in [5.41, 5.74) is 10.1. The van der Waals surface area contributed by atoms with E-state index in [1.165, 1.54) is 31.4 Å². The van der Waals surface area contributed by atoms with Gasteiger partial charge in [-0.1, -0.05) is 158 Å². The summed E-state index contributed by atoms with van der Waals surface area (Å²) in [4.78, 5) is 19.4. The minimum atomic E-state index is -1.46. The van der Waals surface area contributed by atoms with Gasteiger partial charge in [0, 0.05) is 26.5 Å². The molecule has 0 saturated heterocycles. The monoisotopic (exact) mass is 659 g/mol. The number of benzene rings is 7. The molecule has 0 amide bonds. The normalized spacial score (nSPS) is 15.9. The molecular formula is C46H33N3S. The number of hydrogen-bond donors (Lipinski definition) is 0. The Balaban J connectivity index is 1.19. The second-order valence-corrected chi connectivity index (χ2v) is 15.8. The second kappa shape index (κ2) is 12.4. The van der Waals surface area contributed by atoms with Crippen LogP contribution in [0.2, 0.25) is 0 Å². The van der Waals surface area contributed by atoms with Gasteiger partial charge in [0.2, 0.25) is 0 Å². The van der Waals surface area contributed by atoms with Gasteiger partial charge in [-0.25, -0.2) is 15.0 Å². The van der Waals surface area contributed by atoms with Gasteiger partial charge in [-0.3, -0.25) is 0 Å². The first-order chi connectivity index (χ1) is 24.7. The van der Waals surface area contributed by atoms with Crippen LogP contribution in [0.3, 0.4) is 0 Å². The van der Waals surface area contributed by atoms with E-state index in [0.29, 0.717) is 17.5 Å². The SMILES string of the molecule is CS1(c2ccccc2)c2ccccc2-c2ccc(-c3ccccc3-c3nc(-c4ccccc4)nc(-c4ccc(-c5ccccc5)cc4)n3)cc21. The van der Waals surface area contributed by atoms with E-state index in [9.17, 15) is 0 Å². The molecule has 238 valence electrons. The average molecular weight is 660 g/mol. The predicted octanol–water partition coefficient (Wildman–Crippen LogP) is 12.1. The van der Waals surface area contributed by atoms with E-state index in [0.717, 1.165) is 33.4 Å². The maximum absolute atomic E-state index is 5.15. The van der Waals surface area contributed by atoms with Gasteiger partial charge < -0.3 is 0 Å². The van der Waals surface area contributed by atoms with E-state index in [1.54, 1.807) is 0 Å². The van der Waals surface area contributed by atoms with Gasteiger partial charge in [0.15, 0.2) is 17.5 Å². The van der Waals surface area contributed by atoms with Crippen LogP contribution in [-0.4, -0.2) is 21.2 Å². The van der Waals surface area contributed by atoms with Crippen molar-refractivity contribution in [3.8, 4) is 67.5 Å². The lowest BCUT2D eigenvalue weighted by atomic mass is 9.96. The molecule has 1 aromatic heterocycles. The Morgan fingerprint density at radius 1 is 0.320 bits per heavy atom. The van der Waals surface area contributed by atoms with Crippen molar-refractivity contribution >= 4 is 10.0 Å². The highest BCUT2D eigenvalue weighted by Crippen LogP contribution is 2.74. The van der Waals surface area contributed by atoms with Crippen molar-refractivity contribution in [1.82, 2.24) is 15.0 Å². The van der Waals surface area contributed by atoms with Gasteiger partial charge in [-0.15, -0.1) is 0 Å². The van der Waals surface area contributed by atoms with E-state index >= 15 is 0 Å². The van der Waals surface area contributed by atoms with Crippen LogP contribution in [0.25, 0.3) is 67.5 Å². The third-order valence-electron chi connectivity index (χ3n) is 9.65. The Labute approximate surface area is 294 Å². The average Bonchev–Trinajstić information content (AvgIpc) is 3.47. The van der Waals surface area contributed by atoms with Gasteiger partial charge in [0.05, 0.1) is 0 Å². The number of nitrogens with zero attached hydrogens (tertiary/aromatic N) is 3. The highest BCUT2D eigenvalue weighted by atomic mass is 32.3. The molecular weight excluding hydrogens is 627 g/mol. The summed E-state index contributed by atoms with van der Waals surface area (Å²) in [5, 5.41) is 0. The van der Waals surface area contributed by atoms with Gasteiger partial charge in [0.25, 0.3) is 0 Å². The fourth-order valence-electron chi connectivity index (χ4n) is 7.07. The van der Waals surface area contributed by atoms with E-state index in [2.05, 4.69) is 164 Å². The summed E-state index contributed by atoms with van der Waals surface area (Å²) >= 11 is 0. The standard InChI is InChI=1S/C46H33N3S/c1-50(37-19-9-4-10-20-37)42-24-14-13-22-39(42)40-30-29-36(31-43(40)50)38-21-11-12-23-41(38)46-48-44(34-17-7-3-8-18-34)47-45(49-46)35-27-25-33(26-28-35)32-15-5-2-6-16-32/h2-31H,1H3. The molecule has 0 aliphatic carbocycles. The first-order valence-corrected chi connectivity index (χ1v) is 18.8. The Morgan fingerprint density at radius 2 is 0.760 bits per heavy atom. The molecule has 8 aromatic rings. The summed E-state index contributed by atoms with van der Waals surface area (Å²) in [6.45, 7) is 0. The lowest BCUT2D eigenvalue weighted by Gasteiger charge is -2.34. The van der Waals surface area contributed by atoms with E-state index in [-0.39, 0.29) is 0 Å². The molecule has 1 aliphatic heterocycles. The molecule has 0 bridgehead atoms. The largest absolute Gasteiger partial charge is 0.208 e. The van der Waals surface area contributed by atoms with Crippen LogP contribution in [0.15, 0.2) is 197 Å². The summed E-state index contributed by atoms with van der Waals surface area (Å²) in [6.07, 6.45) is 2.44. The van der Waals surface area contributed by atoms with E-state index in [1.807, 2.05) is 24.3 Å². The summed E-state index contributed by atoms with van der Waals surface area (Å²) in [5.74, 6) is 1.95. The quantitative estimate of drug-likeness (QED) is 0.178. The number of fused-ring (bicyclic) bond motifs is 3. The van der Waals surface area contributed by atoms with Crippen LogP contribution in [0.5, 0.6) is 0 Å². The van der Waals surface area contributed by atoms with Crippen molar-refractivity contribution in [2.45, 2.75) is 14.7 Å². The zero-order valence-electron chi connectivity index (χ0n) is 27.6. The van der Waals surface area contributed by atoms with Crippen LogP contribution >= 0.6 is 10.0 Å². The zero-order chi connectivity index (χ0) is 33.5. The van der Waals surface area contributed by atoms with Crippen molar-refractivity contribution in [3.63, 3.8) is 0 Å². The molecule has 1 unspecified atom stereocenters. The summed E-state index contributed by atoms with van der Waals surface area (Å²) in [6, 6.07) is 64.5. The van der Waals surface area contributed by atoms with Crippen molar-refractivity contribution in [1.29, 1.82) is 0 Å². The topological polar surface area (TPSA) is 38.7 Å². The highest BCUT2D eigenvalue weighted by Gasteiger charge is 2.36. The summed E-state index contributed by atoms with van der Waals surface area (Å²) in [7, 11) is -1.46. The van der Waals surface area contributed by atoms with Crippen molar-refractivity contribution in [3.05, 3.63) is 182 Å². The van der Waals surface area contributed by atoms with Crippen molar-refractivity contribution in [2.75, 3.05) is 6.26 Å². The molecule has 1 aliphatic rings. The second-order valence-electron chi connectivity index (χ2n) is 12.6. The minimum absolute atomic E-state index is 0.647. The molecule has 1 atom stereocenters. The minimum Gasteiger partial charge on any atom is -0.208 e. The molecule has 9 rings (SSSR count). The first kappa shape index (κ1) is 30.0. The van der Waals surface area contributed by atoms with Crippen LogP contribution in [-0.2, 0) is 0 Å². The predicted molar refractivity (Wildman–Crippen MR) is 207 cm³/mol. The van der Waals surface area contributed by atoms with E-state index in [4.69, 9.17) is 15.0 Å². The molecule has 7 aromatic carbocycles. The molecule has 0 radical (unpaired) electrons. The number of rotatable bonds is 6. The first-order valence-electron chi connectivity index (χ1n) is 16.8. The molecule has 0 fully saturated rings. The fraction of sp³-hybridized carbons (Fsp3) is 0.0217. The Kier molecular flexibility index (Phi) is 7.45. The van der Waals surface area contributed by atoms with Gasteiger partial charge >= 0.3 is 0 Å². The maximum atomic E-state index is 5.15. The molecule has 4 heteroatoms. The van der Waals surface area contributed by atoms with Crippen LogP contribution < -0.4 is 0 Å².